The third-order valence-corrected chi connectivity index (χ3v) is 3.24. The first-order chi connectivity index (χ1) is 10.0. The van der Waals surface area contributed by atoms with Gasteiger partial charge in [0.1, 0.15) is 6.61 Å². The molecule has 1 atom stereocenters. The third-order valence-electron chi connectivity index (χ3n) is 3.24. The van der Waals surface area contributed by atoms with Gasteiger partial charge in [-0.15, -0.1) is 0 Å². The minimum atomic E-state index is -0.451. The number of carbonyl (C=O) groups is 1. The van der Waals surface area contributed by atoms with E-state index in [9.17, 15) is 10.0 Å². The quantitative estimate of drug-likeness (QED) is 0.518. The number of fused-ring (bicyclic) bond motifs is 1. The van der Waals surface area contributed by atoms with Gasteiger partial charge in [-0.05, 0) is 25.3 Å². The number of hydrogen-bond donors (Lipinski definition) is 1. The molecule has 0 bridgehead atoms. The molecule has 0 heterocycles. The molecule has 0 aromatic heterocycles. The van der Waals surface area contributed by atoms with Crippen molar-refractivity contribution in [2.45, 2.75) is 19.9 Å². The molecule has 0 aliphatic heterocycles. The Balaban J connectivity index is 2.16. The van der Waals surface area contributed by atoms with Crippen LogP contribution in [0.15, 0.2) is 54.6 Å². The number of rotatable bonds is 5. The SMILES string of the molecule is C=C(C)C(=O)OCC(C)N(O)c1cccc2ccccc12. The van der Waals surface area contributed by atoms with E-state index < -0.39 is 5.97 Å². The molecule has 1 N–H and O–H groups in total. The fraction of sp³-hybridized carbons (Fsp3) is 0.235. The van der Waals surface area contributed by atoms with Gasteiger partial charge in [0, 0.05) is 11.0 Å². The standard InChI is InChI=1S/C17H19NO3/c1-12(2)17(19)21-11-13(3)18(20)16-10-6-8-14-7-4-5-9-15(14)16/h4-10,13,20H,1,11H2,2-3H3. The van der Waals surface area contributed by atoms with Crippen LogP contribution in [0.1, 0.15) is 13.8 Å². The Morgan fingerprint density at radius 1 is 1.29 bits per heavy atom. The molecule has 0 aliphatic carbocycles. The molecule has 1 unspecified atom stereocenters. The monoisotopic (exact) mass is 285 g/mol. The van der Waals surface area contributed by atoms with E-state index >= 15 is 0 Å². The van der Waals surface area contributed by atoms with Crippen LogP contribution < -0.4 is 5.06 Å². The summed E-state index contributed by atoms with van der Waals surface area (Å²) in [6.07, 6.45) is 0. The smallest absolute Gasteiger partial charge is 0.333 e. The number of hydroxylamine groups is 1. The van der Waals surface area contributed by atoms with Crippen LogP contribution >= 0.6 is 0 Å². The van der Waals surface area contributed by atoms with Crippen molar-refractivity contribution >= 4 is 22.4 Å². The zero-order chi connectivity index (χ0) is 15.4. The second kappa shape index (κ2) is 6.41. The molecule has 2 aromatic rings. The highest BCUT2D eigenvalue weighted by Gasteiger charge is 2.16. The lowest BCUT2D eigenvalue weighted by atomic mass is 10.1. The van der Waals surface area contributed by atoms with Gasteiger partial charge in [-0.3, -0.25) is 10.3 Å². The number of esters is 1. The molecular weight excluding hydrogens is 266 g/mol. The fourth-order valence-electron chi connectivity index (χ4n) is 2.04. The predicted molar refractivity (Wildman–Crippen MR) is 83.4 cm³/mol. The molecular formula is C17H19NO3. The molecule has 0 saturated carbocycles. The number of carbonyl (C=O) groups excluding carboxylic acids is 1. The molecule has 2 aromatic carbocycles. The number of nitrogens with zero attached hydrogens (tertiary/aromatic N) is 1. The summed E-state index contributed by atoms with van der Waals surface area (Å²) in [7, 11) is 0. The predicted octanol–water partition coefficient (Wildman–Crippen LogP) is 3.54. The van der Waals surface area contributed by atoms with Gasteiger partial charge in [0.15, 0.2) is 0 Å². The molecule has 0 spiro atoms. The van der Waals surface area contributed by atoms with Gasteiger partial charge >= 0.3 is 5.97 Å². The summed E-state index contributed by atoms with van der Waals surface area (Å²) in [6, 6.07) is 13.1. The van der Waals surface area contributed by atoms with Crippen LogP contribution in [-0.4, -0.2) is 23.8 Å². The van der Waals surface area contributed by atoms with E-state index in [4.69, 9.17) is 4.74 Å². The summed E-state index contributed by atoms with van der Waals surface area (Å²) in [4.78, 5) is 11.4. The lowest BCUT2D eigenvalue weighted by Gasteiger charge is -2.25. The Morgan fingerprint density at radius 2 is 1.95 bits per heavy atom. The van der Waals surface area contributed by atoms with Crippen molar-refractivity contribution in [2.24, 2.45) is 0 Å². The van der Waals surface area contributed by atoms with Crippen LogP contribution in [-0.2, 0) is 9.53 Å². The van der Waals surface area contributed by atoms with Gasteiger partial charge in [0.25, 0.3) is 0 Å². The molecule has 0 amide bonds. The molecule has 110 valence electrons. The van der Waals surface area contributed by atoms with Gasteiger partial charge < -0.3 is 4.74 Å². The van der Waals surface area contributed by atoms with Crippen LogP contribution in [0.25, 0.3) is 10.8 Å². The Kier molecular flexibility index (Phi) is 4.60. The van der Waals surface area contributed by atoms with E-state index in [0.29, 0.717) is 11.3 Å². The maximum absolute atomic E-state index is 11.4. The Hall–Kier alpha value is -2.33. The number of hydrogen-bond acceptors (Lipinski definition) is 4. The Labute approximate surface area is 124 Å². The average molecular weight is 285 g/mol. The van der Waals surface area contributed by atoms with Crippen molar-refractivity contribution in [3.05, 3.63) is 54.6 Å². The normalized spacial score (nSPS) is 12.0. The van der Waals surface area contributed by atoms with Crippen molar-refractivity contribution in [3.63, 3.8) is 0 Å². The van der Waals surface area contributed by atoms with Crippen molar-refractivity contribution in [2.75, 3.05) is 11.7 Å². The van der Waals surface area contributed by atoms with Crippen molar-refractivity contribution in [3.8, 4) is 0 Å². The molecule has 2 rings (SSSR count). The zero-order valence-electron chi connectivity index (χ0n) is 12.2. The van der Waals surface area contributed by atoms with E-state index in [1.807, 2.05) is 42.5 Å². The lowest BCUT2D eigenvalue weighted by molar-refractivity contribution is -0.139. The molecule has 0 radical (unpaired) electrons. The van der Waals surface area contributed by atoms with Gasteiger partial charge in [-0.25, -0.2) is 4.79 Å². The second-order valence-electron chi connectivity index (χ2n) is 5.07. The van der Waals surface area contributed by atoms with Crippen LogP contribution in [0, 0.1) is 0 Å². The molecule has 21 heavy (non-hydrogen) atoms. The van der Waals surface area contributed by atoms with E-state index in [-0.39, 0.29) is 12.6 Å². The Bertz CT molecular complexity index is 661. The van der Waals surface area contributed by atoms with Gasteiger partial charge in [0.2, 0.25) is 0 Å². The molecule has 0 saturated heterocycles. The molecule has 0 fully saturated rings. The van der Waals surface area contributed by atoms with E-state index in [2.05, 4.69) is 6.58 Å². The number of ether oxygens (including phenoxy) is 1. The second-order valence-corrected chi connectivity index (χ2v) is 5.07. The number of benzene rings is 2. The molecule has 0 aliphatic rings. The van der Waals surface area contributed by atoms with Crippen molar-refractivity contribution in [1.29, 1.82) is 0 Å². The maximum Gasteiger partial charge on any atom is 0.333 e. The summed E-state index contributed by atoms with van der Waals surface area (Å²) >= 11 is 0. The van der Waals surface area contributed by atoms with Crippen molar-refractivity contribution < 1.29 is 14.7 Å². The van der Waals surface area contributed by atoms with E-state index in [0.717, 1.165) is 15.8 Å². The van der Waals surface area contributed by atoms with Crippen LogP contribution in [0.5, 0.6) is 0 Å². The fourth-order valence-corrected chi connectivity index (χ4v) is 2.04. The Morgan fingerprint density at radius 3 is 2.67 bits per heavy atom. The van der Waals surface area contributed by atoms with Crippen molar-refractivity contribution in [1.82, 2.24) is 0 Å². The van der Waals surface area contributed by atoms with Crippen LogP contribution in [0.3, 0.4) is 0 Å². The first-order valence-electron chi connectivity index (χ1n) is 6.79. The van der Waals surface area contributed by atoms with E-state index in [1.54, 1.807) is 13.8 Å². The highest BCUT2D eigenvalue weighted by molar-refractivity contribution is 5.94. The largest absolute Gasteiger partial charge is 0.460 e. The molecule has 4 heteroatoms. The lowest BCUT2D eigenvalue weighted by Crippen LogP contribution is -2.34. The summed E-state index contributed by atoms with van der Waals surface area (Å²) in [5.74, 6) is -0.451. The third kappa shape index (κ3) is 3.41. The zero-order valence-corrected chi connectivity index (χ0v) is 12.2. The first kappa shape index (κ1) is 15.1. The van der Waals surface area contributed by atoms with Gasteiger partial charge in [-0.1, -0.05) is 43.0 Å². The first-order valence-corrected chi connectivity index (χ1v) is 6.79. The summed E-state index contributed by atoms with van der Waals surface area (Å²) in [5, 5.41) is 13.5. The molecule has 4 nitrogen and oxygen atoms in total. The van der Waals surface area contributed by atoms with Gasteiger partial charge in [0.05, 0.1) is 11.7 Å². The van der Waals surface area contributed by atoms with Gasteiger partial charge in [-0.2, -0.15) is 0 Å². The summed E-state index contributed by atoms with van der Waals surface area (Å²) in [6.45, 7) is 6.99. The highest BCUT2D eigenvalue weighted by atomic mass is 16.5. The minimum Gasteiger partial charge on any atom is -0.460 e. The minimum absolute atomic E-state index is 0.0887. The average Bonchev–Trinajstić information content (AvgIpc) is 2.50. The highest BCUT2D eigenvalue weighted by Crippen LogP contribution is 2.26. The topological polar surface area (TPSA) is 49.8 Å². The van der Waals surface area contributed by atoms with Crippen LogP contribution in [0.4, 0.5) is 5.69 Å². The van der Waals surface area contributed by atoms with Crippen LogP contribution in [0.2, 0.25) is 0 Å². The van der Waals surface area contributed by atoms with E-state index in [1.165, 1.54) is 0 Å². The summed E-state index contributed by atoms with van der Waals surface area (Å²) < 4.78 is 5.08. The number of anilines is 1. The summed E-state index contributed by atoms with van der Waals surface area (Å²) in [5.41, 5.74) is 1.03. The maximum atomic E-state index is 11.4.